The molecule has 37 heavy (non-hydrogen) atoms. The molecule has 0 amide bonds. The minimum absolute atomic E-state index is 0.111. The molecule has 222 valence electrons. The van der Waals surface area contributed by atoms with Crippen molar-refractivity contribution in [2.75, 3.05) is 0 Å². The van der Waals surface area contributed by atoms with Gasteiger partial charge < -0.3 is 4.89 Å². The third-order valence-electron chi connectivity index (χ3n) is 8.24. The van der Waals surface area contributed by atoms with Crippen molar-refractivity contribution in [3.8, 4) is 0 Å². The van der Waals surface area contributed by atoms with Crippen molar-refractivity contribution in [2.45, 2.75) is 206 Å². The van der Waals surface area contributed by atoms with Crippen molar-refractivity contribution < 1.29 is 14.9 Å². The highest BCUT2D eigenvalue weighted by Crippen LogP contribution is 2.21. The lowest BCUT2D eigenvalue weighted by molar-refractivity contribution is -0.239. The minimum Gasteiger partial charge on any atom is -0.301 e. The van der Waals surface area contributed by atoms with Crippen molar-refractivity contribution in [3.05, 3.63) is 0 Å². The summed E-state index contributed by atoms with van der Waals surface area (Å²) in [5.41, 5.74) is 0. The lowest BCUT2D eigenvalue weighted by atomic mass is 9.94. The van der Waals surface area contributed by atoms with E-state index < -0.39 is 5.97 Å². The molecule has 0 aromatic carbocycles. The van der Waals surface area contributed by atoms with Gasteiger partial charge in [-0.2, -0.15) is 5.26 Å². The minimum atomic E-state index is -0.413. The van der Waals surface area contributed by atoms with Gasteiger partial charge in [0.2, 0.25) is 0 Å². The van der Waals surface area contributed by atoms with Crippen LogP contribution in [0.25, 0.3) is 0 Å². The Kier molecular flexibility index (Phi) is 31.2. The lowest BCUT2D eigenvalue weighted by Crippen LogP contribution is -2.16. The first kappa shape index (κ1) is 36.4. The molecule has 0 heterocycles. The third-order valence-corrected chi connectivity index (χ3v) is 8.24. The highest BCUT2D eigenvalue weighted by atomic mass is 17.1. The molecular weight excluding hydrogens is 456 g/mol. The molecule has 0 aliphatic heterocycles. The SMILES string of the molecule is CCCCCCCCCCCCCCCCC(CCCCCCCCCCCCCCCC)C(=O)OO. The summed E-state index contributed by atoms with van der Waals surface area (Å²) in [6.07, 6.45) is 39.5. The van der Waals surface area contributed by atoms with Crippen LogP contribution in [0.15, 0.2) is 0 Å². The topological polar surface area (TPSA) is 46.5 Å². The number of carbonyl (C=O) groups excluding carboxylic acids is 1. The summed E-state index contributed by atoms with van der Waals surface area (Å²) in [4.78, 5) is 16.1. The van der Waals surface area contributed by atoms with Gasteiger partial charge in [-0.25, -0.2) is 4.79 Å². The molecule has 3 nitrogen and oxygen atoms in total. The van der Waals surface area contributed by atoms with E-state index in [9.17, 15) is 4.79 Å². The monoisotopic (exact) mass is 525 g/mol. The largest absolute Gasteiger partial charge is 0.345 e. The number of unbranched alkanes of at least 4 members (excludes halogenated alkanes) is 26. The molecule has 0 radical (unpaired) electrons. The van der Waals surface area contributed by atoms with Crippen LogP contribution in [0.2, 0.25) is 0 Å². The maximum absolute atomic E-state index is 12.0. The second-order valence-electron chi connectivity index (χ2n) is 11.9. The maximum Gasteiger partial charge on any atom is 0.345 e. The first-order valence-electron chi connectivity index (χ1n) is 17.1. The van der Waals surface area contributed by atoms with E-state index in [1.807, 2.05) is 0 Å². The van der Waals surface area contributed by atoms with Crippen LogP contribution in [0.5, 0.6) is 0 Å². The number of hydrogen-bond acceptors (Lipinski definition) is 3. The number of hydrogen-bond donors (Lipinski definition) is 1. The van der Waals surface area contributed by atoms with E-state index in [1.54, 1.807) is 0 Å². The molecule has 0 fully saturated rings. The summed E-state index contributed by atoms with van der Waals surface area (Å²) in [5, 5.41) is 8.89. The Bertz CT molecular complexity index is 405. The van der Waals surface area contributed by atoms with Gasteiger partial charge >= 0.3 is 5.97 Å². The van der Waals surface area contributed by atoms with E-state index in [1.165, 1.54) is 167 Å². The lowest BCUT2D eigenvalue weighted by Gasteiger charge is -2.13. The Morgan fingerprint density at radius 1 is 0.432 bits per heavy atom. The molecule has 0 rings (SSSR count). The Morgan fingerprint density at radius 3 is 0.865 bits per heavy atom. The van der Waals surface area contributed by atoms with E-state index in [-0.39, 0.29) is 5.92 Å². The fraction of sp³-hybridized carbons (Fsp3) is 0.971. The van der Waals surface area contributed by atoms with E-state index in [4.69, 9.17) is 5.26 Å². The number of rotatable bonds is 31. The van der Waals surface area contributed by atoms with Gasteiger partial charge in [-0.05, 0) is 12.8 Å². The number of carbonyl (C=O) groups is 1. The third kappa shape index (κ3) is 28.3. The van der Waals surface area contributed by atoms with E-state index in [0.29, 0.717) is 0 Å². The Balaban J connectivity index is 3.51. The van der Waals surface area contributed by atoms with Crippen molar-refractivity contribution in [1.82, 2.24) is 0 Å². The van der Waals surface area contributed by atoms with Crippen LogP contribution in [0.4, 0.5) is 0 Å². The molecule has 0 atom stereocenters. The van der Waals surface area contributed by atoms with Crippen LogP contribution >= 0.6 is 0 Å². The van der Waals surface area contributed by atoms with Gasteiger partial charge in [0.05, 0.1) is 5.92 Å². The Morgan fingerprint density at radius 2 is 0.649 bits per heavy atom. The van der Waals surface area contributed by atoms with Crippen LogP contribution in [0.1, 0.15) is 206 Å². The van der Waals surface area contributed by atoms with Gasteiger partial charge in [0.1, 0.15) is 0 Å². The van der Waals surface area contributed by atoms with Crippen molar-refractivity contribution in [3.63, 3.8) is 0 Å². The predicted octanol–water partition coefficient (Wildman–Crippen LogP) is 12.4. The van der Waals surface area contributed by atoms with Gasteiger partial charge in [0, 0.05) is 0 Å². The first-order chi connectivity index (χ1) is 18.3. The highest BCUT2D eigenvalue weighted by molar-refractivity contribution is 5.71. The van der Waals surface area contributed by atoms with E-state index in [0.717, 1.165) is 25.7 Å². The summed E-state index contributed by atoms with van der Waals surface area (Å²) in [6.45, 7) is 4.56. The summed E-state index contributed by atoms with van der Waals surface area (Å²) < 4.78 is 0. The molecule has 3 heteroatoms. The molecular formula is C34H68O3. The predicted molar refractivity (Wildman–Crippen MR) is 162 cm³/mol. The van der Waals surface area contributed by atoms with Gasteiger partial charge in [-0.1, -0.05) is 194 Å². The van der Waals surface area contributed by atoms with E-state index in [2.05, 4.69) is 18.7 Å². The van der Waals surface area contributed by atoms with Crippen LogP contribution in [-0.2, 0) is 9.68 Å². The molecule has 0 aliphatic rings. The normalized spacial score (nSPS) is 11.5. The molecule has 0 aromatic heterocycles. The molecule has 0 unspecified atom stereocenters. The van der Waals surface area contributed by atoms with Crippen molar-refractivity contribution in [1.29, 1.82) is 0 Å². The zero-order valence-electron chi connectivity index (χ0n) is 25.6. The molecule has 0 saturated carbocycles. The standard InChI is InChI=1S/C34H68O3/c1-3-5-7-9-11-13-15-17-19-21-23-25-27-29-31-33(34(35)37-36)32-30-28-26-24-22-20-18-16-14-12-10-8-6-4-2/h33,36H,3-32H2,1-2H3. The van der Waals surface area contributed by atoms with Crippen LogP contribution in [-0.4, -0.2) is 11.2 Å². The molecule has 0 aromatic rings. The quantitative estimate of drug-likeness (QED) is 0.0557. The fourth-order valence-electron chi connectivity index (χ4n) is 5.63. The summed E-state index contributed by atoms with van der Waals surface area (Å²) in [6, 6.07) is 0. The second kappa shape index (κ2) is 31.6. The van der Waals surface area contributed by atoms with Crippen molar-refractivity contribution in [2.24, 2.45) is 5.92 Å². The molecule has 0 bridgehead atoms. The van der Waals surface area contributed by atoms with Crippen LogP contribution < -0.4 is 0 Å². The summed E-state index contributed by atoms with van der Waals surface area (Å²) >= 11 is 0. The average molecular weight is 525 g/mol. The smallest absolute Gasteiger partial charge is 0.301 e. The highest BCUT2D eigenvalue weighted by Gasteiger charge is 2.19. The maximum atomic E-state index is 12.0. The molecule has 0 spiro atoms. The summed E-state index contributed by atoms with van der Waals surface area (Å²) in [7, 11) is 0. The first-order valence-corrected chi connectivity index (χ1v) is 17.1. The van der Waals surface area contributed by atoms with Crippen LogP contribution in [0.3, 0.4) is 0 Å². The molecule has 1 N–H and O–H groups in total. The van der Waals surface area contributed by atoms with Gasteiger partial charge in [0.15, 0.2) is 0 Å². The summed E-state index contributed by atoms with van der Waals surface area (Å²) in [5.74, 6) is -0.524. The van der Waals surface area contributed by atoms with Gasteiger partial charge in [0.25, 0.3) is 0 Å². The van der Waals surface area contributed by atoms with E-state index >= 15 is 0 Å². The Hall–Kier alpha value is -0.570. The molecule has 0 aliphatic carbocycles. The average Bonchev–Trinajstić information content (AvgIpc) is 2.91. The van der Waals surface area contributed by atoms with Gasteiger partial charge in [-0.3, -0.25) is 0 Å². The van der Waals surface area contributed by atoms with Crippen LogP contribution in [0, 0.1) is 5.92 Å². The molecule has 0 saturated heterocycles. The second-order valence-corrected chi connectivity index (χ2v) is 11.9. The zero-order valence-corrected chi connectivity index (χ0v) is 25.6. The van der Waals surface area contributed by atoms with Gasteiger partial charge in [-0.15, -0.1) is 0 Å². The fourth-order valence-corrected chi connectivity index (χ4v) is 5.63. The zero-order chi connectivity index (χ0) is 27.1. The van der Waals surface area contributed by atoms with Crippen molar-refractivity contribution >= 4 is 5.97 Å². The Labute approximate surface area is 233 Å².